The summed E-state index contributed by atoms with van der Waals surface area (Å²) in [7, 11) is 0. The fourth-order valence-electron chi connectivity index (χ4n) is 3.01. The second-order valence-corrected chi connectivity index (χ2v) is 5.62. The van der Waals surface area contributed by atoms with Gasteiger partial charge in [-0.15, -0.1) is 0 Å². The van der Waals surface area contributed by atoms with Crippen molar-refractivity contribution in [2.75, 3.05) is 0 Å². The lowest BCUT2D eigenvalue weighted by molar-refractivity contribution is -0.125. The average Bonchev–Trinajstić information content (AvgIpc) is 3.00. The number of carbonyl (C=O) groups is 2. The standard InChI is InChI=1S/C18H14N2O2/c19-17(21)16(10-4-2-1-3-5-10)20-18(22)13-7-6-12-14-8-11(14)9-15(12)13/h1-7,9,16H,8H2,(H2,19,21)(H,20,22)/t16-/m0/s1. The number of primary amides is 1. The van der Waals surface area contributed by atoms with Crippen molar-refractivity contribution in [3.05, 3.63) is 82.0 Å². The summed E-state index contributed by atoms with van der Waals surface area (Å²) in [5, 5.41) is 2.74. The first-order valence-corrected chi connectivity index (χ1v) is 7.17. The van der Waals surface area contributed by atoms with Crippen LogP contribution >= 0.6 is 0 Å². The third-order valence-electron chi connectivity index (χ3n) is 4.21. The van der Waals surface area contributed by atoms with Crippen molar-refractivity contribution in [1.29, 1.82) is 0 Å². The van der Waals surface area contributed by atoms with Gasteiger partial charge in [0.2, 0.25) is 5.91 Å². The van der Waals surface area contributed by atoms with E-state index in [4.69, 9.17) is 5.73 Å². The van der Waals surface area contributed by atoms with Crippen LogP contribution in [0.15, 0.2) is 76.4 Å². The van der Waals surface area contributed by atoms with Crippen molar-refractivity contribution in [2.24, 2.45) is 5.73 Å². The Morgan fingerprint density at radius 3 is 2.59 bits per heavy atom. The van der Waals surface area contributed by atoms with E-state index in [0.717, 1.165) is 17.6 Å². The van der Waals surface area contributed by atoms with Crippen LogP contribution in [-0.2, 0) is 9.59 Å². The summed E-state index contributed by atoms with van der Waals surface area (Å²) < 4.78 is 0. The predicted molar refractivity (Wildman–Crippen MR) is 82.4 cm³/mol. The molecule has 0 aliphatic heterocycles. The number of nitrogens with two attached hydrogens (primary N) is 1. The molecule has 1 saturated carbocycles. The van der Waals surface area contributed by atoms with Gasteiger partial charge in [0.15, 0.2) is 0 Å². The molecule has 0 spiro atoms. The van der Waals surface area contributed by atoms with Gasteiger partial charge in [-0.05, 0) is 46.4 Å². The summed E-state index contributed by atoms with van der Waals surface area (Å²) in [6.45, 7) is 0. The molecule has 0 aromatic heterocycles. The molecule has 4 heteroatoms. The molecule has 3 aliphatic rings. The van der Waals surface area contributed by atoms with Crippen LogP contribution in [0.25, 0.3) is 0 Å². The molecule has 0 radical (unpaired) electrons. The third-order valence-corrected chi connectivity index (χ3v) is 4.21. The summed E-state index contributed by atoms with van der Waals surface area (Å²) in [5.74, 6) is -0.842. The van der Waals surface area contributed by atoms with E-state index in [1.54, 1.807) is 12.1 Å². The van der Waals surface area contributed by atoms with Gasteiger partial charge in [0.25, 0.3) is 5.91 Å². The fourth-order valence-corrected chi connectivity index (χ4v) is 3.01. The molecule has 0 heterocycles. The number of nitrogens with one attached hydrogen (secondary N) is 1. The Morgan fingerprint density at radius 1 is 1.09 bits per heavy atom. The van der Waals surface area contributed by atoms with Crippen LogP contribution in [-0.4, -0.2) is 11.8 Å². The summed E-state index contributed by atoms with van der Waals surface area (Å²) in [5.41, 5.74) is 11.5. The van der Waals surface area contributed by atoms with E-state index in [-0.39, 0.29) is 5.91 Å². The molecule has 1 fully saturated rings. The highest BCUT2D eigenvalue weighted by molar-refractivity contribution is 6.03. The number of amides is 2. The van der Waals surface area contributed by atoms with Gasteiger partial charge in [-0.2, -0.15) is 0 Å². The van der Waals surface area contributed by atoms with Gasteiger partial charge in [0.1, 0.15) is 6.04 Å². The van der Waals surface area contributed by atoms with E-state index in [0.29, 0.717) is 11.1 Å². The quantitative estimate of drug-likeness (QED) is 0.888. The van der Waals surface area contributed by atoms with Crippen molar-refractivity contribution >= 4 is 11.8 Å². The lowest BCUT2D eigenvalue weighted by atomic mass is 10.0. The van der Waals surface area contributed by atoms with E-state index in [1.807, 2.05) is 30.4 Å². The first-order chi connectivity index (χ1) is 10.6. The number of fused-ring (bicyclic) bond motifs is 2. The fraction of sp³-hybridized carbons (Fsp3) is 0.111. The minimum atomic E-state index is -0.824. The van der Waals surface area contributed by atoms with Gasteiger partial charge < -0.3 is 11.1 Å². The van der Waals surface area contributed by atoms with E-state index >= 15 is 0 Å². The number of carbonyl (C=O) groups excluding carboxylic acids is 2. The van der Waals surface area contributed by atoms with Gasteiger partial charge in [-0.25, -0.2) is 0 Å². The summed E-state index contributed by atoms with van der Waals surface area (Å²) in [6, 6.07) is 8.20. The SMILES string of the molecule is NC(=O)[C@@H](NC(=O)C1=C2C=C3CC3=C2C=C1)c1ccccc1. The monoisotopic (exact) mass is 290 g/mol. The van der Waals surface area contributed by atoms with E-state index < -0.39 is 11.9 Å². The number of hydrogen-bond donors (Lipinski definition) is 2. The highest BCUT2D eigenvalue weighted by Gasteiger charge is 2.36. The summed E-state index contributed by atoms with van der Waals surface area (Å²) in [6.07, 6.45) is 6.87. The molecule has 0 bridgehead atoms. The van der Waals surface area contributed by atoms with Crippen LogP contribution < -0.4 is 11.1 Å². The Hall–Kier alpha value is -2.88. The van der Waals surface area contributed by atoms with Gasteiger partial charge in [0, 0.05) is 5.57 Å². The Morgan fingerprint density at radius 2 is 1.86 bits per heavy atom. The van der Waals surface area contributed by atoms with Crippen LogP contribution in [0, 0.1) is 0 Å². The first-order valence-electron chi connectivity index (χ1n) is 7.17. The van der Waals surface area contributed by atoms with Crippen molar-refractivity contribution in [1.82, 2.24) is 5.32 Å². The predicted octanol–water partition coefficient (Wildman–Crippen LogP) is 1.84. The lowest BCUT2D eigenvalue weighted by Gasteiger charge is -2.16. The topological polar surface area (TPSA) is 72.2 Å². The van der Waals surface area contributed by atoms with E-state index in [9.17, 15) is 9.59 Å². The Bertz CT molecular complexity index is 826. The second-order valence-electron chi connectivity index (χ2n) is 5.62. The zero-order valence-electron chi connectivity index (χ0n) is 11.8. The molecule has 3 aliphatic carbocycles. The number of hydrogen-bond acceptors (Lipinski definition) is 2. The van der Waals surface area contributed by atoms with Crippen LogP contribution in [0.2, 0.25) is 0 Å². The Balaban J connectivity index is 1.61. The van der Waals surface area contributed by atoms with Crippen LogP contribution in [0.3, 0.4) is 0 Å². The summed E-state index contributed by atoms with van der Waals surface area (Å²) >= 11 is 0. The molecular weight excluding hydrogens is 276 g/mol. The first kappa shape index (κ1) is 12.8. The van der Waals surface area contributed by atoms with Crippen molar-refractivity contribution < 1.29 is 9.59 Å². The maximum absolute atomic E-state index is 12.5. The second kappa shape index (κ2) is 4.56. The largest absolute Gasteiger partial charge is 0.368 e. The Labute approximate surface area is 127 Å². The molecule has 108 valence electrons. The maximum Gasteiger partial charge on any atom is 0.252 e. The highest BCUT2D eigenvalue weighted by atomic mass is 16.2. The highest BCUT2D eigenvalue weighted by Crippen LogP contribution is 2.51. The smallest absolute Gasteiger partial charge is 0.252 e. The van der Waals surface area contributed by atoms with Crippen LogP contribution in [0.1, 0.15) is 18.0 Å². The van der Waals surface area contributed by atoms with Crippen molar-refractivity contribution in [3.63, 3.8) is 0 Å². The van der Waals surface area contributed by atoms with Crippen molar-refractivity contribution in [3.8, 4) is 0 Å². The normalized spacial score (nSPS) is 18.8. The molecule has 22 heavy (non-hydrogen) atoms. The molecule has 0 saturated heterocycles. The zero-order chi connectivity index (χ0) is 15.3. The van der Waals surface area contributed by atoms with Crippen LogP contribution in [0.5, 0.6) is 0 Å². The van der Waals surface area contributed by atoms with Gasteiger partial charge >= 0.3 is 0 Å². The lowest BCUT2D eigenvalue weighted by Crippen LogP contribution is -2.38. The molecule has 1 aromatic carbocycles. The number of allylic oxidation sites excluding steroid dienone is 6. The van der Waals surface area contributed by atoms with Gasteiger partial charge in [-0.1, -0.05) is 36.4 Å². The number of rotatable bonds is 4. The molecule has 3 N–H and O–H groups in total. The zero-order valence-corrected chi connectivity index (χ0v) is 11.8. The summed E-state index contributed by atoms with van der Waals surface area (Å²) in [4.78, 5) is 24.2. The molecule has 2 amide bonds. The molecule has 1 atom stereocenters. The van der Waals surface area contributed by atoms with Crippen LogP contribution in [0.4, 0.5) is 0 Å². The molecular formula is C18H14N2O2. The molecule has 4 rings (SSSR count). The Kier molecular flexibility index (Phi) is 2.66. The number of benzene rings is 1. The van der Waals surface area contributed by atoms with Crippen molar-refractivity contribution in [2.45, 2.75) is 12.5 Å². The van der Waals surface area contributed by atoms with E-state index in [2.05, 4.69) is 11.4 Å². The molecule has 0 unspecified atom stereocenters. The maximum atomic E-state index is 12.5. The average molecular weight is 290 g/mol. The minimum absolute atomic E-state index is 0.271. The van der Waals surface area contributed by atoms with E-state index in [1.165, 1.54) is 11.1 Å². The molecule has 4 nitrogen and oxygen atoms in total. The molecule has 1 aromatic rings. The third kappa shape index (κ3) is 1.92. The van der Waals surface area contributed by atoms with Gasteiger partial charge in [-0.3, -0.25) is 9.59 Å². The minimum Gasteiger partial charge on any atom is -0.368 e. The van der Waals surface area contributed by atoms with Gasteiger partial charge in [0.05, 0.1) is 0 Å².